The van der Waals surface area contributed by atoms with Crippen molar-refractivity contribution >= 4 is 27.5 Å². The molecule has 2 unspecified atom stereocenters. The first kappa shape index (κ1) is 38.5. The molecule has 48 heavy (non-hydrogen) atoms. The van der Waals surface area contributed by atoms with Gasteiger partial charge in [0.15, 0.2) is 0 Å². The number of sulfonamides is 1. The molecule has 6 N–H and O–H groups in total. The van der Waals surface area contributed by atoms with Crippen LogP contribution >= 0.6 is 0 Å². The summed E-state index contributed by atoms with van der Waals surface area (Å²) in [5.41, 5.74) is 5.96. The smallest absolute Gasteiger partial charge is 0.243 e. The molecule has 3 aromatic carbocycles. The van der Waals surface area contributed by atoms with Crippen LogP contribution < -0.4 is 21.7 Å². The molecule has 0 aliphatic heterocycles. The number of halogens is 2. The van der Waals surface area contributed by atoms with Gasteiger partial charge in [-0.05, 0) is 59.7 Å². The number of anilines is 1. The molecule has 0 bridgehead atoms. The molecule has 2 amide bonds. The van der Waals surface area contributed by atoms with Crippen LogP contribution in [0.5, 0.6) is 0 Å². The topological polar surface area (TPSA) is 154 Å². The van der Waals surface area contributed by atoms with E-state index < -0.39 is 57.1 Å². The summed E-state index contributed by atoms with van der Waals surface area (Å²) in [6, 6.07) is 16.4. The van der Waals surface area contributed by atoms with E-state index >= 15 is 0 Å². The zero-order valence-electron chi connectivity index (χ0n) is 28.0. The van der Waals surface area contributed by atoms with Crippen molar-refractivity contribution in [3.63, 3.8) is 0 Å². The van der Waals surface area contributed by atoms with E-state index in [-0.39, 0.29) is 49.0 Å². The first-order valence-electron chi connectivity index (χ1n) is 15.8. The van der Waals surface area contributed by atoms with Gasteiger partial charge in [0, 0.05) is 30.9 Å². The van der Waals surface area contributed by atoms with Gasteiger partial charge < -0.3 is 26.8 Å². The fraction of sp³-hybridized carbons (Fsp3) is 0.429. The highest BCUT2D eigenvalue weighted by molar-refractivity contribution is 7.89. The van der Waals surface area contributed by atoms with E-state index in [2.05, 4.69) is 16.0 Å². The minimum atomic E-state index is -4.04. The summed E-state index contributed by atoms with van der Waals surface area (Å²) >= 11 is 0. The second-order valence-corrected chi connectivity index (χ2v) is 15.3. The van der Waals surface area contributed by atoms with Crippen molar-refractivity contribution in [3.8, 4) is 0 Å². The number of benzene rings is 3. The van der Waals surface area contributed by atoms with Crippen molar-refractivity contribution < 1.29 is 31.9 Å². The summed E-state index contributed by atoms with van der Waals surface area (Å²) in [6.45, 7) is 8.22. The zero-order valence-corrected chi connectivity index (χ0v) is 28.9. The third-order valence-corrected chi connectivity index (χ3v) is 9.50. The summed E-state index contributed by atoms with van der Waals surface area (Å²) in [5.74, 6) is -2.74. The summed E-state index contributed by atoms with van der Waals surface area (Å²) in [7, 11) is -4.04. The van der Waals surface area contributed by atoms with E-state index in [9.17, 15) is 31.9 Å². The SMILES string of the molecule is CC(C)CN(CC(O)C(Cc1ccccc1)NC(=O)[C@@H](NC(=O)CNCc1c(F)cccc1F)C(C)(C)C)S(=O)(=O)c1ccc(N)cc1. The van der Waals surface area contributed by atoms with Gasteiger partial charge in [-0.2, -0.15) is 4.31 Å². The van der Waals surface area contributed by atoms with Crippen LogP contribution in [0, 0.1) is 23.0 Å². The molecule has 0 aromatic heterocycles. The van der Waals surface area contributed by atoms with E-state index in [1.54, 1.807) is 20.8 Å². The van der Waals surface area contributed by atoms with Gasteiger partial charge in [0.05, 0.1) is 23.6 Å². The lowest BCUT2D eigenvalue weighted by Crippen LogP contribution is -2.59. The fourth-order valence-corrected chi connectivity index (χ4v) is 6.73. The van der Waals surface area contributed by atoms with Crippen molar-refractivity contribution in [1.29, 1.82) is 0 Å². The Morgan fingerprint density at radius 2 is 1.50 bits per heavy atom. The van der Waals surface area contributed by atoms with E-state index in [0.29, 0.717) is 5.69 Å². The number of nitrogen functional groups attached to an aromatic ring is 1. The minimum absolute atomic E-state index is 0.0232. The molecule has 3 aromatic rings. The van der Waals surface area contributed by atoms with Crippen LogP contribution in [0.1, 0.15) is 45.7 Å². The van der Waals surface area contributed by atoms with E-state index in [1.807, 2.05) is 44.2 Å². The third-order valence-electron chi connectivity index (χ3n) is 7.65. The van der Waals surface area contributed by atoms with Crippen molar-refractivity contribution in [2.45, 2.75) is 70.7 Å². The van der Waals surface area contributed by atoms with Crippen LogP contribution in [-0.2, 0) is 32.6 Å². The predicted molar refractivity (Wildman–Crippen MR) is 182 cm³/mol. The lowest BCUT2D eigenvalue weighted by Gasteiger charge is -2.34. The maximum atomic E-state index is 14.0. The molecule has 3 rings (SSSR count). The molecule has 0 aliphatic rings. The number of carbonyl (C=O) groups excluding carboxylic acids is 2. The van der Waals surface area contributed by atoms with Gasteiger partial charge >= 0.3 is 0 Å². The molecular weight excluding hydrogens is 640 g/mol. The Balaban J connectivity index is 1.81. The summed E-state index contributed by atoms with van der Waals surface area (Å²) < 4.78 is 56.6. The van der Waals surface area contributed by atoms with Gasteiger partial charge in [-0.15, -0.1) is 0 Å². The van der Waals surface area contributed by atoms with E-state index in [4.69, 9.17) is 5.73 Å². The quantitative estimate of drug-likeness (QED) is 0.144. The lowest BCUT2D eigenvalue weighted by atomic mass is 9.85. The fourth-order valence-electron chi connectivity index (χ4n) is 5.11. The molecule has 13 heteroatoms. The van der Waals surface area contributed by atoms with Crippen LogP contribution in [0.2, 0.25) is 0 Å². The van der Waals surface area contributed by atoms with Gasteiger partial charge in [-0.3, -0.25) is 9.59 Å². The standard InChI is InChI=1S/C35H47F2N5O5S/c1-23(2)21-42(48(46,47)26-16-14-25(38)15-17-26)22-31(43)30(18-24-10-7-6-8-11-24)40-34(45)33(35(3,4)5)41-32(44)20-39-19-27-28(36)12-9-13-29(27)37/h6-17,23,30-31,33,39,43H,18-22,38H2,1-5H3,(H,40,45)(H,41,44)/t30?,31?,33-/m1/s1. The van der Waals surface area contributed by atoms with Crippen LogP contribution in [0.4, 0.5) is 14.5 Å². The molecule has 10 nitrogen and oxygen atoms in total. The number of nitrogens with two attached hydrogens (primary N) is 1. The largest absolute Gasteiger partial charge is 0.399 e. The van der Waals surface area contributed by atoms with Crippen LogP contribution in [0.3, 0.4) is 0 Å². The minimum Gasteiger partial charge on any atom is -0.399 e. The Labute approximate surface area is 282 Å². The second kappa shape index (κ2) is 17.0. The van der Waals surface area contributed by atoms with E-state index in [0.717, 1.165) is 17.7 Å². The number of rotatable bonds is 16. The summed E-state index contributed by atoms with van der Waals surface area (Å²) in [4.78, 5) is 26.8. The number of amides is 2. The number of carbonyl (C=O) groups is 2. The highest BCUT2D eigenvalue weighted by Crippen LogP contribution is 2.22. The highest BCUT2D eigenvalue weighted by atomic mass is 32.2. The predicted octanol–water partition coefficient (Wildman–Crippen LogP) is 3.60. The van der Waals surface area contributed by atoms with Gasteiger partial charge in [0.1, 0.15) is 17.7 Å². The number of aliphatic hydroxyl groups excluding tert-OH is 1. The Hall–Kier alpha value is -3.91. The summed E-state index contributed by atoms with van der Waals surface area (Å²) in [6.07, 6.45) is -1.17. The molecule has 0 aliphatic carbocycles. The normalized spacial score (nSPS) is 14.0. The van der Waals surface area contributed by atoms with Gasteiger partial charge in [0.2, 0.25) is 21.8 Å². The van der Waals surface area contributed by atoms with Crippen molar-refractivity contribution in [3.05, 3.63) is 95.6 Å². The van der Waals surface area contributed by atoms with Gasteiger partial charge in [0.25, 0.3) is 0 Å². The molecular formula is C35H47F2N5O5S. The number of nitrogens with one attached hydrogen (secondary N) is 3. The molecule has 262 valence electrons. The van der Waals surface area contributed by atoms with Gasteiger partial charge in [-0.25, -0.2) is 17.2 Å². The maximum Gasteiger partial charge on any atom is 0.243 e. The number of aliphatic hydroxyl groups is 1. The maximum absolute atomic E-state index is 14.0. The second-order valence-electron chi connectivity index (χ2n) is 13.3. The molecule has 0 heterocycles. The molecule has 0 fully saturated rings. The van der Waals surface area contributed by atoms with E-state index in [1.165, 1.54) is 34.6 Å². The van der Waals surface area contributed by atoms with Crippen LogP contribution in [0.15, 0.2) is 77.7 Å². The molecule has 0 saturated heterocycles. The molecule has 0 saturated carbocycles. The van der Waals surface area contributed by atoms with Gasteiger partial charge in [-0.1, -0.05) is 71.0 Å². The highest BCUT2D eigenvalue weighted by Gasteiger charge is 2.36. The Morgan fingerprint density at radius 1 is 0.896 bits per heavy atom. The average Bonchev–Trinajstić information content (AvgIpc) is 3.00. The van der Waals surface area contributed by atoms with Crippen LogP contribution in [-0.4, -0.2) is 67.5 Å². The summed E-state index contributed by atoms with van der Waals surface area (Å²) in [5, 5.41) is 19.9. The number of hydrogen-bond acceptors (Lipinski definition) is 7. The first-order chi connectivity index (χ1) is 22.5. The van der Waals surface area contributed by atoms with Crippen molar-refractivity contribution in [2.75, 3.05) is 25.4 Å². The monoisotopic (exact) mass is 687 g/mol. The number of nitrogens with zero attached hydrogens (tertiary/aromatic N) is 1. The Morgan fingerprint density at radius 3 is 2.06 bits per heavy atom. The first-order valence-corrected chi connectivity index (χ1v) is 17.2. The Bertz CT molecular complexity index is 1600. The third kappa shape index (κ3) is 11.1. The molecule has 3 atom stereocenters. The number of hydrogen-bond donors (Lipinski definition) is 5. The lowest BCUT2D eigenvalue weighted by molar-refractivity contribution is -0.132. The molecule has 0 radical (unpaired) electrons. The molecule has 0 spiro atoms. The van der Waals surface area contributed by atoms with Crippen LogP contribution in [0.25, 0.3) is 0 Å². The van der Waals surface area contributed by atoms with Crippen molar-refractivity contribution in [2.24, 2.45) is 11.3 Å². The van der Waals surface area contributed by atoms with Crippen molar-refractivity contribution in [1.82, 2.24) is 20.3 Å². The zero-order chi connectivity index (χ0) is 35.6. The Kier molecular flexibility index (Phi) is 13.6. The average molecular weight is 688 g/mol.